The van der Waals surface area contributed by atoms with Crippen LogP contribution in [0.2, 0.25) is 0 Å². The normalized spacial score (nSPS) is 12.2. The van der Waals surface area contributed by atoms with E-state index < -0.39 is 15.6 Å². The molecular weight excluding hydrogens is 413 g/mol. The highest BCUT2D eigenvalue weighted by molar-refractivity contribution is 7.88. The quantitative estimate of drug-likeness (QED) is 0.331. The number of benzene rings is 3. The van der Waals surface area contributed by atoms with Crippen molar-refractivity contribution in [2.24, 2.45) is 5.92 Å². The smallest absolute Gasteiger partial charge is 0.376 e. The van der Waals surface area contributed by atoms with Gasteiger partial charge in [0.25, 0.3) is 0 Å². The first-order chi connectivity index (χ1) is 14.1. The van der Waals surface area contributed by atoms with Crippen LogP contribution in [0.1, 0.15) is 19.4 Å². The fourth-order valence-electron chi connectivity index (χ4n) is 3.28. The molecule has 0 aliphatic rings. The topological polar surface area (TPSA) is 43.4 Å². The number of rotatable bonds is 6. The molecule has 158 valence electrons. The van der Waals surface area contributed by atoms with Gasteiger partial charge < -0.3 is 4.18 Å². The zero-order valence-electron chi connectivity index (χ0n) is 16.5. The van der Waals surface area contributed by atoms with E-state index in [4.69, 9.17) is 0 Å². The van der Waals surface area contributed by atoms with Crippen LogP contribution in [0.3, 0.4) is 0 Å². The van der Waals surface area contributed by atoms with Gasteiger partial charge in [0.15, 0.2) is 0 Å². The van der Waals surface area contributed by atoms with Gasteiger partial charge in [-0.25, -0.2) is 0 Å². The van der Waals surface area contributed by atoms with Crippen LogP contribution in [0, 0.1) is 5.92 Å². The zero-order valence-corrected chi connectivity index (χ0v) is 17.3. The van der Waals surface area contributed by atoms with E-state index in [1.54, 1.807) is 6.07 Å². The van der Waals surface area contributed by atoms with Crippen LogP contribution in [0.25, 0.3) is 22.3 Å². The Morgan fingerprint density at radius 2 is 1.37 bits per heavy atom. The Bertz CT molecular complexity index is 1110. The van der Waals surface area contributed by atoms with Crippen LogP contribution in [0.4, 0.5) is 13.2 Å². The van der Waals surface area contributed by atoms with Gasteiger partial charge in [-0.15, -0.1) is 0 Å². The third-order valence-electron chi connectivity index (χ3n) is 4.51. The molecule has 0 N–H and O–H groups in total. The Morgan fingerprint density at radius 3 is 1.87 bits per heavy atom. The Balaban J connectivity index is 2.31. The summed E-state index contributed by atoms with van der Waals surface area (Å²) < 4.78 is 66.9. The molecule has 0 saturated heterocycles. The largest absolute Gasteiger partial charge is 0.534 e. The van der Waals surface area contributed by atoms with Gasteiger partial charge in [0, 0.05) is 5.56 Å². The van der Waals surface area contributed by atoms with Crippen molar-refractivity contribution in [1.29, 1.82) is 0 Å². The highest BCUT2D eigenvalue weighted by Crippen LogP contribution is 2.42. The molecule has 0 radical (unpaired) electrons. The van der Waals surface area contributed by atoms with E-state index in [1.165, 1.54) is 6.07 Å². The first kappa shape index (κ1) is 21.9. The molecule has 3 rings (SSSR count). The van der Waals surface area contributed by atoms with Gasteiger partial charge in [-0.2, -0.15) is 21.6 Å². The molecular formula is C23H21F3O3S. The van der Waals surface area contributed by atoms with E-state index in [0.29, 0.717) is 17.5 Å². The molecule has 0 aromatic heterocycles. The minimum absolute atomic E-state index is 0.0504. The first-order valence-corrected chi connectivity index (χ1v) is 10.8. The van der Waals surface area contributed by atoms with Crippen LogP contribution in [0.15, 0.2) is 72.8 Å². The lowest BCUT2D eigenvalue weighted by atomic mass is 9.86. The molecule has 3 aromatic rings. The lowest BCUT2D eigenvalue weighted by Gasteiger charge is -2.21. The van der Waals surface area contributed by atoms with Crippen LogP contribution < -0.4 is 4.18 Å². The van der Waals surface area contributed by atoms with Crippen molar-refractivity contribution in [3.05, 3.63) is 78.4 Å². The van der Waals surface area contributed by atoms with Crippen molar-refractivity contribution < 1.29 is 25.8 Å². The summed E-state index contributed by atoms with van der Waals surface area (Å²) in [7, 11) is -5.79. The molecule has 0 spiro atoms. The van der Waals surface area contributed by atoms with Crippen LogP contribution in [-0.4, -0.2) is 13.9 Å². The zero-order chi connectivity index (χ0) is 21.9. The van der Waals surface area contributed by atoms with Crippen molar-refractivity contribution in [3.8, 4) is 28.0 Å². The molecule has 3 nitrogen and oxygen atoms in total. The van der Waals surface area contributed by atoms with Crippen LogP contribution >= 0.6 is 0 Å². The van der Waals surface area contributed by atoms with Gasteiger partial charge in [-0.3, -0.25) is 0 Å². The van der Waals surface area contributed by atoms with Crippen LogP contribution in [-0.2, 0) is 16.5 Å². The highest BCUT2D eigenvalue weighted by atomic mass is 32.2. The van der Waals surface area contributed by atoms with Crippen molar-refractivity contribution >= 4 is 10.1 Å². The minimum atomic E-state index is -5.79. The molecule has 7 heteroatoms. The van der Waals surface area contributed by atoms with Crippen molar-refractivity contribution in [2.75, 3.05) is 0 Å². The van der Waals surface area contributed by atoms with E-state index >= 15 is 0 Å². The highest BCUT2D eigenvalue weighted by Gasteiger charge is 2.49. The van der Waals surface area contributed by atoms with Gasteiger partial charge in [0.05, 0.1) is 0 Å². The molecule has 3 aromatic carbocycles. The molecule has 0 aliphatic carbocycles. The molecule has 0 unspecified atom stereocenters. The minimum Gasteiger partial charge on any atom is -0.376 e. The van der Waals surface area contributed by atoms with Crippen molar-refractivity contribution in [1.82, 2.24) is 0 Å². The fourth-order valence-corrected chi connectivity index (χ4v) is 3.76. The number of alkyl halides is 3. The summed E-state index contributed by atoms with van der Waals surface area (Å²) in [5.41, 5.74) is -2.01. The molecule has 0 atom stereocenters. The summed E-state index contributed by atoms with van der Waals surface area (Å²) in [6.45, 7) is 3.82. The van der Waals surface area contributed by atoms with E-state index in [1.807, 2.05) is 74.5 Å². The van der Waals surface area contributed by atoms with E-state index in [2.05, 4.69) is 4.18 Å². The number of hydrogen-bond acceptors (Lipinski definition) is 3. The second kappa shape index (κ2) is 8.52. The summed E-state index contributed by atoms with van der Waals surface area (Å²) in [5.74, 6) is -0.256. The molecule has 0 heterocycles. The van der Waals surface area contributed by atoms with Gasteiger partial charge in [-0.05, 0) is 46.7 Å². The predicted molar refractivity (Wildman–Crippen MR) is 111 cm³/mol. The maximum atomic E-state index is 13.0. The molecule has 0 amide bonds. The lowest BCUT2D eigenvalue weighted by molar-refractivity contribution is -0.0500. The van der Waals surface area contributed by atoms with Gasteiger partial charge in [0.1, 0.15) is 5.75 Å². The first-order valence-electron chi connectivity index (χ1n) is 9.37. The average molecular weight is 434 g/mol. The second-order valence-corrected chi connectivity index (χ2v) is 8.82. The molecule has 0 saturated carbocycles. The summed E-state index contributed by atoms with van der Waals surface area (Å²) in [5, 5.41) is 0. The Hall–Kier alpha value is -2.80. The maximum absolute atomic E-state index is 13.0. The summed E-state index contributed by atoms with van der Waals surface area (Å²) in [4.78, 5) is 0. The van der Waals surface area contributed by atoms with E-state index in [0.717, 1.165) is 16.7 Å². The molecule has 0 aliphatic heterocycles. The van der Waals surface area contributed by atoms with Crippen molar-refractivity contribution in [3.63, 3.8) is 0 Å². The Morgan fingerprint density at radius 1 is 0.833 bits per heavy atom. The van der Waals surface area contributed by atoms with Crippen molar-refractivity contribution in [2.45, 2.75) is 25.8 Å². The average Bonchev–Trinajstić information content (AvgIpc) is 2.69. The number of hydrogen-bond donors (Lipinski definition) is 0. The number of halogens is 3. The van der Waals surface area contributed by atoms with E-state index in [-0.39, 0.29) is 11.7 Å². The second-order valence-electron chi connectivity index (χ2n) is 7.28. The van der Waals surface area contributed by atoms with Gasteiger partial charge in [-0.1, -0.05) is 74.5 Å². The summed E-state index contributed by atoms with van der Waals surface area (Å²) >= 11 is 0. The Kier molecular flexibility index (Phi) is 6.22. The standard InChI is InChI=1S/C23H21F3O3S/c1-16(2)15-20-21(29-30(27,28)23(24,25)26)14-13-19(17-9-5-3-6-10-17)22(20)18-11-7-4-8-12-18/h3-14,16H,15H2,1-2H3. The maximum Gasteiger partial charge on any atom is 0.534 e. The third-order valence-corrected chi connectivity index (χ3v) is 5.48. The summed E-state index contributed by atoms with van der Waals surface area (Å²) in [6, 6.07) is 21.5. The molecule has 30 heavy (non-hydrogen) atoms. The molecule has 0 bridgehead atoms. The predicted octanol–water partition coefficient (Wildman–Crippen LogP) is 6.45. The fraction of sp³-hybridized carbons (Fsp3) is 0.217. The SMILES string of the molecule is CC(C)Cc1c(OS(=O)(=O)C(F)(F)F)ccc(-c2ccccc2)c1-c1ccccc1. The third kappa shape index (κ3) is 4.67. The summed E-state index contributed by atoms with van der Waals surface area (Å²) in [6.07, 6.45) is 0.341. The van der Waals surface area contributed by atoms with Gasteiger partial charge in [0.2, 0.25) is 0 Å². The Labute approximate surface area is 174 Å². The molecule has 0 fully saturated rings. The van der Waals surface area contributed by atoms with Gasteiger partial charge >= 0.3 is 15.6 Å². The van der Waals surface area contributed by atoms with Crippen LogP contribution in [0.5, 0.6) is 5.75 Å². The monoisotopic (exact) mass is 434 g/mol. The van der Waals surface area contributed by atoms with E-state index in [9.17, 15) is 21.6 Å². The lowest BCUT2D eigenvalue weighted by Crippen LogP contribution is -2.28.